The SMILES string of the molecule is O=C(N[C@H]1CC[C@@H](C(=O)O)C1)c1cccc(NC(=O)c2ccco2)c1. The molecule has 3 N–H and O–H groups in total. The van der Waals surface area contributed by atoms with Gasteiger partial charge in [-0.05, 0) is 49.6 Å². The summed E-state index contributed by atoms with van der Waals surface area (Å²) in [7, 11) is 0. The summed E-state index contributed by atoms with van der Waals surface area (Å²) >= 11 is 0. The van der Waals surface area contributed by atoms with Gasteiger partial charge >= 0.3 is 5.97 Å². The second-order valence-corrected chi connectivity index (χ2v) is 6.03. The first-order valence-electron chi connectivity index (χ1n) is 8.01. The highest BCUT2D eigenvalue weighted by Gasteiger charge is 2.30. The molecule has 1 heterocycles. The summed E-state index contributed by atoms with van der Waals surface area (Å²) in [6.07, 6.45) is 3.07. The average molecular weight is 342 g/mol. The standard InChI is InChI=1S/C18H18N2O5/c21-16(19-14-7-6-12(10-14)18(23)24)11-3-1-4-13(9-11)20-17(22)15-5-2-8-25-15/h1-5,8-9,12,14H,6-7,10H2,(H,19,21)(H,20,22)(H,23,24)/t12-,14+/m1/s1. The van der Waals surface area contributed by atoms with Gasteiger partial charge in [-0.1, -0.05) is 6.07 Å². The number of furan rings is 1. The van der Waals surface area contributed by atoms with E-state index < -0.39 is 17.8 Å². The number of carbonyl (C=O) groups is 3. The Morgan fingerprint density at radius 2 is 1.92 bits per heavy atom. The van der Waals surface area contributed by atoms with Gasteiger partial charge in [0.15, 0.2) is 5.76 Å². The van der Waals surface area contributed by atoms with E-state index in [0.29, 0.717) is 30.5 Å². The van der Waals surface area contributed by atoms with E-state index in [0.717, 1.165) is 0 Å². The summed E-state index contributed by atoms with van der Waals surface area (Å²) in [4.78, 5) is 35.3. The number of benzene rings is 1. The van der Waals surface area contributed by atoms with Crippen molar-refractivity contribution in [3.63, 3.8) is 0 Å². The maximum atomic E-state index is 12.4. The van der Waals surface area contributed by atoms with E-state index in [4.69, 9.17) is 9.52 Å². The lowest BCUT2D eigenvalue weighted by molar-refractivity contribution is -0.141. The van der Waals surface area contributed by atoms with E-state index in [2.05, 4.69) is 10.6 Å². The van der Waals surface area contributed by atoms with Gasteiger partial charge in [0.2, 0.25) is 0 Å². The highest BCUT2D eigenvalue weighted by molar-refractivity contribution is 6.03. The van der Waals surface area contributed by atoms with Crippen LogP contribution in [0.25, 0.3) is 0 Å². The van der Waals surface area contributed by atoms with Crippen LogP contribution < -0.4 is 10.6 Å². The summed E-state index contributed by atoms with van der Waals surface area (Å²) in [5.41, 5.74) is 0.875. The van der Waals surface area contributed by atoms with Crippen molar-refractivity contribution in [2.24, 2.45) is 5.92 Å². The van der Waals surface area contributed by atoms with Crippen LogP contribution in [0, 0.1) is 5.92 Å². The van der Waals surface area contributed by atoms with Crippen molar-refractivity contribution in [1.82, 2.24) is 5.32 Å². The monoisotopic (exact) mass is 342 g/mol. The Morgan fingerprint density at radius 1 is 1.08 bits per heavy atom. The molecule has 3 rings (SSSR count). The lowest BCUT2D eigenvalue weighted by Crippen LogP contribution is -2.33. The van der Waals surface area contributed by atoms with Gasteiger partial charge < -0.3 is 20.2 Å². The van der Waals surface area contributed by atoms with Crippen molar-refractivity contribution >= 4 is 23.5 Å². The minimum absolute atomic E-state index is 0.144. The largest absolute Gasteiger partial charge is 0.481 e. The lowest BCUT2D eigenvalue weighted by atomic mass is 10.1. The van der Waals surface area contributed by atoms with Crippen LogP contribution in [0.3, 0.4) is 0 Å². The molecule has 0 bridgehead atoms. The zero-order valence-corrected chi connectivity index (χ0v) is 13.4. The normalized spacial score (nSPS) is 19.4. The number of carboxylic acids is 1. The van der Waals surface area contributed by atoms with E-state index in [9.17, 15) is 14.4 Å². The van der Waals surface area contributed by atoms with Gasteiger partial charge in [0.25, 0.3) is 11.8 Å². The number of anilines is 1. The molecule has 0 aliphatic heterocycles. The third-order valence-corrected chi connectivity index (χ3v) is 4.24. The Bertz CT molecular complexity index is 785. The number of rotatable bonds is 5. The van der Waals surface area contributed by atoms with Gasteiger partial charge in [0.05, 0.1) is 12.2 Å². The number of aliphatic carboxylic acids is 1. The lowest BCUT2D eigenvalue weighted by Gasteiger charge is -2.13. The molecular weight excluding hydrogens is 324 g/mol. The molecule has 2 amide bonds. The fourth-order valence-corrected chi connectivity index (χ4v) is 2.94. The zero-order chi connectivity index (χ0) is 17.8. The van der Waals surface area contributed by atoms with E-state index in [1.165, 1.54) is 6.26 Å². The zero-order valence-electron chi connectivity index (χ0n) is 13.4. The Labute approximate surface area is 144 Å². The molecule has 0 radical (unpaired) electrons. The van der Waals surface area contributed by atoms with Crippen LogP contribution in [-0.4, -0.2) is 28.9 Å². The van der Waals surface area contributed by atoms with Gasteiger partial charge in [-0.25, -0.2) is 0 Å². The van der Waals surface area contributed by atoms with Crippen LogP contribution in [0.15, 0.2) is 47.1 Å². The van der Waals surface area contributed by atoms with Crippen LogP contribution in [0.1, 0.15) is 40.2 Å². The molecule has 0 saturated heterocycles. The summed E-state index contributed by atoms with van der Waals surface area (Å²) < 4.78 is 5.02. The summed E-state index contributed by atoms with van der Waals surface area (Å²) in [5.74, 6) is -1.73. The van der Waals surface area contributed by atoms with Gasteiger partial charge in [0.1, 0.15) is 0 Å². The van der Waals surface area contributed by atoms with Crippen LogP contribution in [0.4, 0.5) is 5.69 Å². The number of hydrogen-bond donors (Lipinski definition) is 3. The maximum Gasteiger partial charge on any atom is 0.306 e. The van der Waals surface area contributed by atoms with Crippen LogP contribution >= 0.6 is 0 Å². The molecule has 1 aromatic carbocycles. The van der Waals surface area contributed by atoms with Crippen molar-refractivity contribution in [3.05, 3.63) is 54.0 Å². The van der Waals surface area contributed by atoms with Gasteiger partial charge in [0, 0.05) is 17.3 Å². The fourth-order valence-electron chi connectivity index (χ4n) is 2.94. The Morgan fingerprint density at radius 3 is 2.60 bits per heavy atom. The molecule has 1 fully saturated rings. The van der Waals surface area contributed by atoms with Crippen LogP contribution in [-0.2, 0) is 4.79 Å². The molecule has 1 aliphatic rings. The number of amides is 2. The van der Waals surface area contributed by atoms with Gasteiger partial charge in [-0.15, -0.1) is 0 Å². The van der Waals surface area contributed by atoms with E-state index >= 15 is 0 Å². The second kappa shape index (κ2) is 7.21. The smallest absolute Gasteiger partial charge is 0.306 e. The first kappa shape index (κ1) is 16.8. The molecule has 7 nitrogen and oxygen atoms in total. The van der Waals surface area contributed by atoms with Crippen LogP contribution in [0.2, 0.25) is 0 Å². The summed E-state index contributed by atoms with van der Waals surface area (Å²) in [6.45, 7) is 0. The predicted octanol–water partition coefficient (Wildman–Crippen LogP) is 2.52. The van der Waals surface area contributed by atoms with E-state index in [1.54, 1.807) is 36.4 Å². The topological polar surface area (TPSA) is 109 Å². The highest BCUT2D eigenvalue weighted by Crippen LogP contribution is 2.26. The number of carbonyl (C=O) groups excluding carboxylic acids is 2. The second-order valence-electron chi connectivity index (χ2n) is 6.03. The first-order chi connectivity index (χ1) is 12.0. The third kappa shape index (κ3) is 4.06. The minimum atomic E-state index is -0.820. The molecular formula is C18H18N2O5. The van der Waals surface area contributed by atoms with Gasteiger partial charge in [-0.2, -0.15) is 0 Å². The van der Waals surface area contributed by atoms with Crippen molar-refractivity contribution in [2.75, 3.05) is 5.32 Å². The maximum absolute atomic E-state index is 12.4. The molecule has 2 atom stereocenters. The molecule has 0 unspecified atom stereocenters. The van der Waals surface area contributed by atoms with Gasteiger partial charge in [-0.3, -0.25) is 14.4 Å². The van der Waals surface area contributed by atoms with E-state index in [-0.39, 0.29) is 17.7 Å². The van der Waals surface area contributed by atoms with Crippen molar-refractivity contribution in [1.29, 1.82) is 0 Å². The molecule has 1 aromatic heterocycles. The predicted molar refractivity (Wildman–Crippen MR) is 89.3 cm³/mol. The molecule has 2 aromatic rings. The quantitative estimate of drug-likeness (QED) is 0.773. The Balaban J connectivity index is 1.62. The van der Waals surface area contributed by atoms with Crippen LogP contribution in [0.5, 0.6) is 0 Å². The first-order valence-corrected chi connectivity index (χ1v) is 8.01. The fraction of sp³-hybridized carbons (Fsp3) is 0.278. The van der Waals surface area contributed by atoms with Crippen molar-refractivity contribution in [2.45, 2.75) is 25.3 Å². The molecule has 25 heavy (non-hydrogen) atoms. The molecule has 7 heteroatoms. The van der Waals surface area contributed by atoms with E-state index in [1.807, 2.05) is 0 Å². The highest BCUT2D eigenvalue weighted by atomic mass is 16.4. The molecule has 1 saturated carbocycles. The number of carboxylic acid groups (broad SMARTS) is 1. The number of nitrogens with one attached hydrogen (secondary N) is 2. The van der Waals surface area contributed by atoms with Crippen molar-refractivity contribution in [3.8, 4) is 0 Å². The van der Waals surface area contributed by atoms with Crippen molar-refractivity contribution < 1.29 is 23.9 Å². The molecule has 130 valence electrons. The number of hydrogen-bond acceptors (Lipinski definition) is 4. The minimum Gasteiger partial charge on any atom is -0.481 e. The Kier molecular flexibility index (Phi) is 4.83. The average Bonchev–Trinajstić information content (AvgIpc) is 3.27. The molecule has 1 aliphatic carbocycles. The summed E-state index contributed by atoms with van der Waals surface area (Å²) in [5, 5.41) is 14.5. The third-order valence-electron chi connectivity index (χ3n) is 4.24. The summed E-state index contributed by atoms with van der Waals surface area (Å²) in [6, 6.07) is 9.57. The molecule has 0 spiro atoms. The Hall–Kier alpha value is -3.09.